The van der Waals surface area contributed by atoms with Crippen molar-refractivity contribution >= 4 is 33.7 Å². The van der Waals surface area contributed by atoms with Crippen molar-refractivity contribution < 1.29 is 13.9 Å². The van der Waals surface area contributed by atoms with Gasteiger partial charge >= 0.3 is 0 Å². The van der Waals surface area contributed by atoms with E-state index >= 15 is 0 Å². The first-order chi connectivity index (χ1) is 20.9. The highest BCUT2D eigenvalue weighted by Crippen LogP contribution is 2.25. The Morgan fingerprint density at radius 2 is 1.88 bits per heavy atom. The Morgan fingerprint density at radius 3 is 2.60 bits per heavy atom. The number of ketones is 1. The van der Waals surface area contributed by atoms with Gasteiger partial charge in [-0.2, -0.15) is 5.26 Å². The van der Waals surface area contributed by atoms with E-state index in [1.807, 2.05) is 41.1 Å². The molecule has 218 valence electrons. The maximum absolute atomic E-state index is 14.6. The van der Waals surface area contributed by atoms with Crippen LogP contribution in [0.15, 0.2) is 60.8 Å². The lowest BCUT2D eigenvalue weighted by Crippen LogP contribution is -2.46. The van der Waals surface area contributed by atoms with E-state index in [0.29, 0.717) is 23.2 Å². The highest BCUT2D eigenvalue weighted by Gasteiger charge is 2.25. The lowest BCUT2D eigenvalue weighted by Gasteiger charge is -2.35. The molecular formula is C33H32FN7O2. The summed E-state index contributed by atoms with van der Waals surface area (Å²) in [7, 11) is 0. The van der Waals surface area contributed by atoms with Gasteiger partial charge in [0.05, 0.1) is 48.4 Å². The zero-order valence-electron chi connectivity index (χ0n) is 24.0. The molecule has 0 radical (unpaired) electrons. The van der Waals surface area contributed by atoms with Crippen LogP contribution in [0.25, 0.3) is 22.1 Å². The number of ether oxygens (including phenoxy) is 1. The molecule has 5 aromatic rings. The van der Waals surface area contributed by atoms with Gasteiger partial charge in [0.25, 0.3) is 0 Å². The summed E-state index contributed by atoms with van der Waals surface area (Å²) in [5, 5.41) is 10.0. The number of piperazine rings is 1. The summed E-state index contributed by atoms with van der Waals surface area (Å²) in [5.74, 6) is 1.56. The summed E-state index contributed by atoms with van der Waals surface area (Å²) in [6.45, 7) is 7.55. The summed E-state index contributed by atoms with van der Waals surface area (Å²) in [4.78, 5) is 26.7. The minimum absolute atomic E-state index is 0.0488. The maximum atomic E-state index is 14.6. The number of fused-ring (bicyclic) bond motifs is 2. The summed E-state index contributed by atoms with van der Waals surface area (Å²) >= 11 is 0. The molecule has 1 atom stereocenters. The quantitative estimate of drug-likeness (QED) is 0.246. The van der Waals surface area contributed by atoms with Crippen molar-refractivity contribution in [2.45, 2.75) is 39.1 Å². The molecule has 0 saturated carbocycles. The Hall–Kier alpha value is -4.59. The topological polar surface area (TPSA) is 92.2 Å². The third kappa shape index (κ3) is 5.38. The second-order valence-corrected chi connectivity index (χ2v) is 11.4. The van der Waals surface area contributed by atoms with Gasteiger partial charge in [0.1, 0.15) is 23.1 Å². The van der Waals surface area contributed by atoms with Crippen LogP contribution in [0.1, 0.15) is 40.7 Å². The van der Waals surface area contributed by atoms with Gasteiger partial charge in [-0.15, -0.1) is 0 Å². The lowest BCUT2D eigenvalue weighted by atomic mass is 10.1. The largest absolute Gasteiger partial charge is 0.376 e. The van der Waals surface area contributed by atoms with Crippen LogP contribution >= 0.6 is 0 Å². The van der Waals surface area contributed by atoms with Gasteiger partial charge in [-0.05, 0) is 61.9 Å². The van der Waals surface area contributed by atoms with Crippen molar-refractivity contribution in [2.75, 3.05) is 37.7 Å². The molecule has 7 rings (SSSR count). The van der Waals surface area contributed by atoms with Crippen LogP contribution in [-0.2, 0) is 24.4 Å². The van der Waals surface area contributed by atoms with E-state index in [4.69, 9.17) is 20.0 Å². The zero-order valence-corrected chi connectivity index (χ0v) is 24.0. The fourth-order valence-corrected chi connectivity index (χ4v) is 5.97. The minimum atomic E-state index is -0.388. The number of hydrogen-bond donors (Lipinski definition) is 0. The van der Waals surface area contributed by atoms with Crippen LogP contribution < -0.4 is 4.90 Å². The Morgan fingerprint density at radius 1 is 1.05 bits per heavy atom. The number of carbonyl (C=O) groups is 1. The third-order valence-electron chi connectivity index (χ3n) is 8.59. The monoisotopic (exact) mass is 577 g/mol. The van der Waals surface area contributed by atoms with Crippen LogP contribution in [0.5, 0.6) is 0 Å². The number of imidazole rings is 1. The molecule has 0 aliphatic carbocycles. The molecule has 0 spiro atoms. The average molecular weight is 578 g/mol. The van der Waals surface area contributed by atoms with Crippen molar-refractivity contribution in [1.29, 1.82) is 5.26 Å². The highest BCUT2D eigenvalue weighted by atomic mass is 19.1. The van der Waals surface area contributed by atoms with E-state index in [1.54, 1.807) is 19.1 Å². The van der Waals surface area contributed by atoms with E-state index in [0.717, 1.165) is 86.0 Å². The van der Waals surface area contributed by atoms with Gasteiger partial charge in [0.15, 0.2) is 5.78 Å². The Balaban J connectivity index is 1.06. The van der Waals surface area contributed by atoms with Crippen molar-refractivity contribution in [3.63, 3.8) is 0 Å². The van der Waals surface area contributed by atoms with E-state index in [2.05, 4.69) is 26.5 Å². The van der Waals surface area contributed by atoms with Crippen LogP contribution in [-0.4, -0.2) is 68.7 Å². The number of Topliss-reactive ketones (excluding diaryl/α,β-unsaturated/α-hetero) is 1. The van der Waals surface area contributed by atoms with Gasteiger partial charge in [-0.25, -0.2) is 14.4 Å². The van der Waals surface area contributed by atoms with Gasteiger partial charge in [0, 0.05) is 55.5 Å². The van der Waals surface area contributed by atoms with Crippen LogP contribution in [0.3, 0.4) is 0 Å². The molecule has 0 amide bonds. The Labute approximate surface area is 248 Å². The molecular weight excluding hydrogens is 545 g/mol. The Bertz CT molecular complexity index is 1880. The molecule has 2 aliphatic heterocycles. The van der Waals surface area contributed by atoms with E-state index in [9.17, 15) is 9.18 Å². The number of nitrogens with zero attached hydrogens (tertiary/aromatic N) is 7. The summed E-state index contributed by atoms with van der Waals surface area (Å²) in [5.41, 5.74) is 4.22. The molecule has 0 N–H and O–H groups in total. The van der Waals surface area contributed by atoms with E-state index < -0.39 is 0 Å². The first kappa shape index (κ1) is 27.3. The Kier molecular flexibility index (Phi) is 7.13. The number of aromatic nitrogens is 4. The van der Waals surface area contributed by atoms with E-state index in [-0.39, 0.29) is 17.7 Å². The molecule has 2 aliphatic rings. The molecule has 43 heavy (non-hydrogen) atoms. The second-order valence-electron chi connectivity index (χ2n) is 11.4. The predicted molar refractivity (Wildman–Crippen MR) is 162 cm³/mol. The fraction of sp³-hybridized carbons (Fsp3) is 0.333. The number of carbonyl (C=O) groups excluding carboxylic acids is 1. The number of anilines is 1. The SMILES string of the molecule is CC(=O)c1ccc2nc(CN3CCN(c4ccc5ccn(Cc6ccc(C#N)cc6F)c5n4)CC3)n(C[C@@H]3CCO3)c2c1. The summed E-state index contributed by atoms with van der Waals surface area (Å²) in [6.07, 6.45) is 3.15. The molecule has 5 heterocycles. The number of halogens is 1. The van der Waals surface area contributed by atoms with Crippen molar-refractivity contribution in [3.8, 4) is 6.07 Å². The molecule has 0 unspecified atom stereocenters. The zero-order chi connectivity index (χ0) is 29.5. The standard InChI is InChI=1S/C33H32FN7O2/c1-22(42)25-4-6-29-30(17-25)41(20-27-9-15-43-27)32(36-29)21-38-11-13-39(14-12-38)31-7-5-24-8-10-40(33(24)37-31)19-26-3-2-23(18-35)16-28(26)34/h2-8,10,16-17,27H,9,11-15,19-21H2,1H3/t27-/m0/s1. The number of pyridine rings is 1. The third-order valence-corrected chi connectivity index (χ3v) is 8.59. The minimum Gasteiger partial charge on any atom is -0.376 e. The maximum Gasteiger partial charge on any atom is 0.159 e. The molecule has 10 heteroatoms. The fourth-order valence-electron chi connectivity index (χ4n) is 5.97. The van der Waals surface area contributed by atoms with Gasteiger partial charge in [0.2, 0.25) is 0 Å². The molecule has 0 bridgehead atoms. The lowest BCUT2D eigenvalue weighted by molar-refractivity contribution is -0.0592. The predicted octanol–water partition coefficient (Wildman–Crippen LogP) is 4.76. The number of hydrogen-bond acceptors (Lipinski definition) is 7. The number of benzene rings is 2. The smallest absolute Gasteiger partial charge is 0.159 e. The second kappa shape index (κ2) is 11.2. The van der Waals surface area contributed by atoms with Crippen LogP contribution in [0, 0.1) is 17.1 Å². The first-order valence-corrected chi connectivity index (χ1v) is 14.7. The molecule has 3 aromatic heterocycles. The van der Waals surface area contributed by atoms with Crippen LogP contribution in [0.2, 0.25) is 0 Å². The van der Waals surface area contributed by atoms with Crippen molar-refractivity contribution in [3.05, 3.63) is 89.1 Å². The highest BCUT2D eigenvalue weighted by molar-refractivity contribution is 5.97. The average Bonchev–Trinajstić information content (AvgIpc) is 3.55. The molecule has 2 saturated heterocycles. The van der Waals surface area contributed by atoms with Gasteiger partial charge in [-0.3, -0.25) is 9.69 Å². The molecule has 2 aromatic carbocycles. The van der Waals surface area contributed by atoms with E-state index in [1.165, 1.54) is 6.07 Å². The van der Waals surface area contributed by atoms with Gasteiger partial charge in [-0.1, -0.05) is 6.07 Å². The van der Waals surface area contributed by atoms with Gasteiger partial charge < -0.3 is 18.8 Å². The summed E-state index contributed by atoms with van der Waals surface area (Å²) < 4.78 is 24.5. The molecule has 2 fully saturated rings. The normalized spacial score (nSPS) is 17.3. The molecule has 9 nitrogen and oxygen atoms in total. The van der Waals surface area contributed by atoms with Crippen LogP contribution in [0.4, 0.5) is 10.2 Å². The summed E-state index contributed by atoms with van der Waals surface area (Å²) in [6, 6.07) is 18.4. The number of nitriles is 1. The van der Waals surface area contributed by atoms with Crippen molar-refractivity contribution in [1.82, 2.24) is 24.0 Å². The van der Waals surface area contributed by atoms with Crippen molar-refractivity contribution in [2.24, 2.45) is 0 Å². The first-order valence-electron chi connectivity index (χ1n) is 14.7. The number of rotatable bonds is 8.